The molecule has 6 nitrogen and oxygen atoms in total. The second-order valence-corrected chi connectivity index (χ2v) is 9.38. The predicted molar refractivity (Wildman–Crippen MR) is 111 cm³/mol. The monoisotopic (exact) mass is 401 g/mol. The van der Waals surface area contributed by atoms with Gasteiger partial charge in [0, 0.05) is 43.5 Å². The van der Waals surface area contributed by atoms with E-state index in [0.29, 0.717) is 18.7 Å². The molecule has 28 heavy (non-hydrogen) atoms. The summed E-state index contributed by atoms with van der Waals surface area (Å²) in [6.45, 7) is 4.95. The van der Waals surface area contributed by atoms with Crippen LogP contribution < -0.4 is 5.32 Å². The average molecular weight is 402 g/mol. The van der Waals surface area contributed by atoms with Gasteiger partial charge in [-0.25, -0.2) is 8.42 Å². The number of anilines is 1. The number of amides is 1. The Balaban J connectivity index is 1.65. The molecule has 1 saturated heterocycles. The fraction of sp³-hybridized carbons (Fsp3) is 0.381. The molecule has 1 atom stereocenters. The van der Waals surface area contributed by atoms with Crippen LogP contribution in [0.15, 0.2) is 59.5 Å². The van der Waals surface area contributed by atoms with Crippen LogP contribution in [-0.4, -0.2) is 55.8 Å². The number of carbonyl (C=O) groups excluding carboxylic acids is 1. The summed E-state index contributed by atoms with van der Waals surface area (Å²) in [6.07, 6.45) is 0.881. The Morgan fingerprint density at radius 2 is 1.75 bits per heavy atom. The smallest absolute Gasteiger partial charge is 0.253 e. The molecule has 3 rings (SSSR count). The van der Waals surface area contributed by atoms with Crippen LogP contribution >= 0.6 is 0 Å². The molecule has 150 valence electrons. The Bertz CT molecular complexity index is 912. The lowest BCUT2D eigenvalue weighted by molar-refractivity contribution is 0.0791. The van der Waals surface area contributed by atoms with Gasteiger partial charge in [0.05, 0.1) is 4.90 Å². The van der Waals surface area contributed by atoms with Crippen LogP contribution in [-0.2, 0) is 10.0 Å². The number of likely N-dealkylation sites (tertiary alicyclic amines) is 1. The number of para-hydroxylation sites is 1. The Kier molecular flexibility index (Phi) is 6.05. The quantitative estimate of drug-likeness (QED) is 0.808. The summed E-state index contributed by atoms with van der Waals surface area (Å²) in [5, 5.41) is 3.45. The molecule has 0 aromatic heterocycles. The maximum absolute atomic E-state index is 12.8. The lowest BCUT2D eigenvalue weighted by atomic mass is 10.2. The zero-order valence-corrected chi connectivity index (χ0v) is 17.3. The topological polar surface area (TPSA) is 69.7 Å². The van der Waals surface area contributed by atoms with Crippen molar-refractivity contribution in [1.82, 2.24) is 9.21 Å². The minimum absolute atomic E-state index is 0.0708. The highest BCUT2D eigenvalue weighted by Gasteiger charge is 2.28. The Morgan fingerprint density at radius 3 is 2.36 bits per heavy atom. The van der Waals surface area contributed by atoms with E-state index in [1.54, 1.807) is 19.2 Å². The standard InChI is InChI=1S/C21H27N3O3S/c1-16(2)23(3)28(26,27)20-11-9-17(10-12-20)21(25)24-14-13-19(15-24)22-18-7-5-4-6-8-18/h4-12,16,19,22H,13-15H2,1-3H3. The molecule has 1 N–H and O–H groups in total. The molecule has 0 spiro atoms. The van der Waals surface area contributed by atoms with Gasteiger partial charge in [-0.05, 0) is 56.7 Å². The zero-order chi connectivity index (χ0) is 20.3. The van der Waals surface area contributed by atoms with Crippen molar-refractivity contribution in [3.8, 4) is 0 Å². The highest BCUT2D eigenvalue weighted by atomic mass is 32.2. The van der Waals surface area contributed by atoms with Crippen molar-refractivity contribution in [2.75, 3.05) is 25.5 Å². The lowest BCUT2D eigenvalue weighted by Crippen LogP contribution is -2.33. The van der Waals surface area contributed by atoms with Gasteiger partial charge in [-0.3, -0.25) is 4.79 Å². The number of rotatable bonds is 6. The molecule has 0 saturated carbocycles. The molecule has 1 heterocycles. The summed E-state index contributed by atoms with van der Waals surface area (Å²) >= 11 is 0. The van der Waals surface area contributed by atoms with Gasteiger partial charge in [0.25, 0.3) is 5.91 Å². The van der Waals surface area contributed by atoms with Crippen LogP contribution in [0.5, 0.6) is 0 Å². The van der Waals surface area contributed by atoms with Gasteiger partial charge in [0.15, 0.2) is 0 Å². The highest BCUT2D eigenvalue weighted by Crippen LogP contribution is 2.20. The number of carbonyl (C=O) groups is 1. The summed E-state index contributed by atoms with van der Waals surface area (Å²) in [4.78, 5) is 14.8. The number of nitrogens with zero attached hydrogens (tertiary/aromatic N) is 2. The van der Waals surface area contributed by atoms with Gasteiger partial charge in [0.1, 0.15) is 0 Å². The second kappa shape index (κ2) is 8.32. The van der Waals surface area contributed by atoms with E-state index in [-0.39, 0.29) is 22.9 Å². The van der Waals surface area contributed by atoms with Gasteiger partial charge < -0.3 is 10.2 Å². The van der Waals surface area contributed by atoms with Crippen LogP contribution in [0.4, 0.5) is 5.69 Å². The Hall–Kier alpha value is -2.38. The van der Waals surface area contributed by atoms with Crippen molar-refractivity contribution in [2.24, 2.45) is 0 Å². The summed E-state index contributed by atoms with van der Waals surface area (Å²) in [5.41, 5.74) is 1.55. The van der Waals surface area contributed by atoms with Crippen LogP contribution in [0.1, 0.15) is 30.6 Å². The number of sulfonamides is 1. The first kappa shape index (κ1) is 20.4. The second-order valence-electron chi connectivity index (χ2n) is 7.39. The largest absolute Gasteiger partial charge is 0.380 e. The van der Waals surface area contributed by atoms with Crippen molar-refractivity contribution in [3.63, 3.8) is 0 Å². The van der Waals surface area contributed by atoms with E-state index in [0.717, 1.165) is 12.1 Å². The zero-order valence-electron chi connectivity index (χ0n) is 16.5. The van der Waals surface area contributed by atoms with Gasteiger partial charge in [0.2, 0.25) is 10.0 Å². The minimum atomic E-state index is -3.54. The normalized spacial score (nSPS) is 17.3. The van der Waals surface area contributed by atoms with E-state index in [1.165, 1.54) is 16.4 Å². The summed E-state index contributed by atoms with van der Waals surface area (Å²) in [6, 6.07) is 16.3. The molecule has 1 amide bonds. The van der Waals surface area contributed by atoms with Crippen LogP contribution in [0.3, 0.4) is 0 Å². The van der Waals surface area contributed by atoms with Gasteiger partial charge in [-0.15, -0.1) is 0 Å². The third-order valence-electron chi connectivity index (χ3n) is 5.13. The number of hydrogen-bond acceptors (Lipinski definition) is 4. The number of benzene rings is 2. The fourth-order valence-corrected chi connectivity index (χ4v) is 4.60. The number of hydrogen-bond donors (Lipinski definition) is 1. The Labute approximate surface area is 167 Å². The van der Waals surface area contributed by atoms with Crippen LogP contribution in [0.2, 0.25) is 0 Å². The van der Waals surface area contributed by atoms with Crippen molar-refractivity contribution in [3.05, 3.63) is 60.2 Å². The third-order valence-corrected chi connectivity index (χ3v) is 7.17. The first-order valence-electron chi connectivity index (χ1n) is 9.48. The molecule has 7 heteroatoms. The molecular formula is C21H27N3O3S. The molecule has 0 radical (unpaired) electrons. The molecule has 1 aliphatic rings. The van der Waals surface area contributed by atoms with E-state index in [2.05, 4.69) is 5.32 Å². The maximum atomic E-state index is 12.8. The molecule has 0 aliphatic carbocycles. The van der Waals surface area contributed by atoms with Crippen LogP contribution in [0, 0.1) is 0 Å². The van der Waals surface area contributed by atoms with Gasteiger partial charge in [-0.2, -0.15) is 4.31 Å². The molecular weight excluding hydrogens is 374 g/mol. The van der Waals surface area contributed by atoms with Crippen molar-refractivity contribution in [2.45, 2.75) is 37.2 Å². The molecule has 1 aliphatic heterocycles. The SMILES string of the molecule is CC(C)N(C)S(=O)(=O)c1ccc(C(=O)N2CCC(Nc3ccccc3)C2)cc1. The van der Waals surface area contributed by atoms with Gasteiger partial charge in [-0.1, -0.05) is 18.2 Å². The summed E-state index contributed by atoms with van der Waals surface area (Å²) in [7, 11) is -1.99. The maximum Gasteiger partial charge on any atom is 0.253 e. The third kappa shape index (κ3) is 4.36. The van der Waals surface area contributed by atoms with Crippen molar-refractivity contribution >= 4 is 21.6 Å². The molecule has 2 aromatic rings. The van der Waals surface area contributed by atoms with E-state index in [9.17, 15) is 13.2 Å². The highest BCUT2D eigenvalue weighted by molar-refractivity contribution is 7.89. The van der Waals surface area contributed by atoms with E-state index < -0.39 is 10.0 Å². The lowest BCUT2D eigenvalue weighted by Gasteiger charge is -2.21. The summed E-state index contributed by atoms with van der Waals surface area (Å²) < 4.78 is 26.4. The summed E-state index contributed by atoms with van der Waals surface area (Å²) in [5.74, 6) is -0.0708. The van der Waals surface area contributed by atoms with Crippen LogP contribution in [0.25, 0.3) is 0 Å². The van der Waals surface area contributed by atoms with Gasteiger partial charge >= 0.3 is 0 Å². The predicted octanol–water partition coefficient (Wildman–Crippen LogP) is 3.04. The first-order chi connectivity index (χ1) is 13.3. The average Bonchev–Trinajstić information content (AvgIpc) is 3.16. The molecule has 1 unspecified atom stereocenters. The fourth-order valence-electron chi connectivity index (χ4n) is 3.23. The Morgan fingerprint density at radius 1 is 1.11 bits per heavy atom. The van der Waals surface area contributed by atoms with Crippen molar-refractivity contribution in [1.29, 1.82) is 0 Å². The molecule has 1 fully saturated rings. The van der Waals surface area contributed by atoms with E-state index in [4.69, 9.17) is 0 Å². The number of nitrogens with one attached hydrogen (secondary N) is 1. The van der Waals surface area contributed by atoms with E-state index in [1.807, 2.05) is 49.1 Å². The van der Waals surface area contributed by atoms with Crippen molar-refractivity contribution < 1.29 is 13.2 Å². The van der Waals surface area contributed by atoms with E-state index >= 15 is 0 Å². The first-order valence-corrected chi connectivity index (χ1v) is 10.9. The minimum Gasteiger partial charge on any atom is -0.380 e. The molecule has 0 bridgehead atoms. The molecule has 2 aromatic carbocycles.